The number of aromatic nitrogens is 3. The Hall–Kier alpha value is -2.55. The van der Waals surface area contributed by atoms with Gasteiger partial charge in [0, 0.05) is 17.8 Å². The molecule has 0 unspecified atom stereocenters. The summed E-state index contributed by atoms with van der Waals surface area (Å²) in [7, 11) is 1.66. The molecule has 5 rings (SSSR count). The standard InChI is InChI=1S/C22H25N5O2S/c1-29-16-6-2-14(3-7-16)18-19(17-8-11-24-21(26-17)25-15-4-5-15)30-20(27-18)22(28)9-12-23-13-10-22/h2-3,6-8,11,15,23,28H,4-5,9-10,12-13H2,1H3,(H,24,25,26). The van der Waals surface area contributed by atoms with E-state index in [4.69, 9.17) is 14.7 Å². The van der Waals surface area contributed by atoms with Crippen molar-refractivity contribution in [3.8, 4) is 27.6 Å². The minimum Gasteiger partial charge on any atom is -0.497 e. The summed E-state index contributed by atoms with van der Waals surface area (Å²) in [6.45, 7) is 1.57. The molecule has 30 heavy (non-hydrogen) atoms. The van der Waals surface area contributed by atoms with Gasteiger partial charge in [-0.05, 0) is 69.1 Å². The number of aliphatic hydroxyl groups is 1. The van der Waals surface area contributed by atoms with Crippen molar-refractivity contribution in [3.63, 3.8) is 0 Å². The predicted molar refractivity (Wildman–Crippen MR) is 118 cm³/mol. The predicted octanol–water partition coefficient (Wildman–Crippen LogP) is 3.42. The lowest BCUT2D eigenvalue weighted by atomic mass is 9.93. The summed E-state index contributed by atoms with van der Waals surface area (Å²) < 4.78 is 5.30. The molecule has 0 bridgehead atoms. The number of anilines is 1. The van der Waals surface area contributed by atoms with E-state index in [1.54, 1.807) is 13.3 Å². The lowest BCUT2D eigenvalue weighted by Gasteiger charge is -2.30. The molecule has 7 nitrogen and oxygen atoms in total. The summed E-state index contributed by atoms with van der Waals surface area (Å²) >= 11 is 1.53. The molecule has 3 heterocycles. The summed E-state index contributed by atoms with van der Waals surface area (Å²) in [6, 6.07) is 10.2. The van der Waals surface area contributed by atoms with Crippen molar-refractivity contribution >= 4 is 17.3 Å². The number of nitrogens with one attached hydrogen (secondary N) is 2. The van der Waals surface area contributed by atoms with Gasteiger partial charge in [0.15, 0.2) is 0 Å². The summed E-state index contributed by atoms with van der Waals surface area (Å²) in [5, 5.41) is 18.7. The van der Waals surface area contributed by atoms with Crippen molar-refractivity contribution < 1.29 is 9.84 Å². The highest BCUT2D eigenvalue weighted by Gasteiger charge is 2.36. The van der Waals surface area contributed by atoms with E-state index in [0.717, 1.165) is 58.5 Å². The summed E-state index contributed by atoms with van der Waals surface area (Å²) in [4.78, 5) is 15.0. The van der Waals surface area contributed by atoms with Gasteiger partial charge in [-0.15, -0.1) is 11.3 Å². The highest BCUT2D eigenvalue weighted by molar-refractivity contribution is 7.15. The van der Waals surface area contributed by atoms with E-state index < -0.39 is 5.60 Å². The van der Waals surface area contributed by atoms with Crippen LogP contribution in [0, 0.1) is 0 Å². The van der Waals surface area contributed by atoms with E-state index >= 15 is 0 Å². The third-order valence-electron chi connectivity index (χ3n) is 5.62. The number of hydrogen-bond donors (Lipinski definition) is 3. The van der Waals surface area contributed by atoms with Crippen LogP contribution in [0.1, 0.15) is 30.7 Å². The van der Waals surface area contributed by atoms with Gasteiger partial charge in [-0.25, -0.2) is 15.0 Å². The molecular weight excluding hydrogens is 398 g/mol. The van der Waals surface area contributed by atoms with Gasteiger partial charge in [0.05, 0.1) is 23.4 Å². The van der Waals surface area contributed by atoms with E-state index in [9.17, 15) is 5.11 Å². The number of methoxy groups -OCH3 is 1. The topological polar surface area (TPSA) is 92.2 Å². The van der Waals surface area contributed by atoms with E-state index in [2.05, 4.69) is 15.6 Å². The van der Waals surface area contributed by atoms with Crippen LogP contribution < -0.4 is 15.4 Å². The first kappa shape index (κ1) is 19.4. The lowest BCUT2D eigenvalue weighted by Crippen LogP contribution is -2.39. The van der Waals surface area contributed by atoms with Crippen LogP contribution in [0.2, 0.25) is 0 Å². The van der Waals surface area contributed by atoms with Gasteiger partial charge in [-0.3, -0.25) is 0 Å². The number of benzene rings is 1. The molecule has 1 aromatic carbocycles. The van der Waals surface area contributed by atoms with Crippen LogP contribution in [-0.2, 0) is 5.60 Å². The number of thiazole rings is 1. The second-order valence-electron chi connectivity index (χ2n) is 7.89. The number of ether oxygens (including phenoxy) is 1. The van der Waals surface area contributed by atoms with Crippen molar-refractivity contribution in [2.45, 2.75) is 37.3 Å². The maximum atomic E-state index is 11.3. The molecule has 0 spiro atoms. The molecule has 2 aliphatic rings. The van der Waals surface area contributed by atoms with Gasteiger partial charge < -0.3 is 20.5 Å². The molecule has 1 aliphatic heterocycles. The fourth-order valence-corrected chi connectivity index (χ4v) is 4.86. The first-order valence-electron chi connectivity index (χ1n) is 10.3. The van der Waals surface area contributed by atoms with Crippen LogP contribution in [0.3, 0.4) is 0 Å². The number of piperidine rings is 1. The lowest BCUT2D eigenvalue weighted by molar-refractivity contribution is 0.00582. The Morgan fingerprint density at radius 2 is 1.90 bits per heavy atom. The number of nitrogens with zero attached hydrogens (tertiary/aromatic N) is 3. The van der Waals surface area contributed by atoms with Crippen LogP contribution in [-0.4, -0.2) is 46.3 Å². The Kier molecular flexibility index (Phi) is 5.14. The zero-order valence-corrected chi connectivity index (χ0v) is 17.7. The molecule has 0 amide bonds. The van der Waals surface area contributed by atoms with Gasteiger partial charge in [0.1, 0.15) is 16.4 Å². The van der Waals surface area contributed by atoms with Crippen molar-refractivity contribution in [2.24, 2.45) is 0 Å². The molecule has 1 saturated heterocycles. The first-order chi connectivity index (χ1) is 14.6. The minimum atomic E-state index is -0.905. The van der Waals surface area contributed by atoms with Gasteiger partial charge in [-0.1, -0.05) is 0 Å². The highest BCUT2D eigenvalue weighted by Crippen LogP contribution is 2.42. The molecule has 0 radical (unpaired) electrons. The van der Waals surface area contributed by atoms with Gasteiger partial charge in [0.25, 0.3) is 0 Å². The third-order valence-corrected chi connectivity index (χ3v) is 6.89. The molecule has 0 atom stereocenters. The Morgan fingerprint density at radius 1 is 1.13 bits per heavy atom. The van der Waals surface area contributed by atoms with E-state index in [1.807, 2.05) is 30.3 Å². The molecule has 2 fully saturated rings. The minimum absolute atomic E-state index is 0.480. The Bertz CT molecular complexity index is 1030. The van der Waals surface area contributed by atoms with Gasteiger partial charge in [0.2, 0.25) is 5.95 Å². The van der Waals surface area contributed by atoms with E-state index in [1.165, 1.54) is 11.3 Å². The highest BCUT2D eigenvalue weighted by atomic mass is 32.1. The average Bonchev–Trinajstić information content (AvgIpc) is 3.47. The Morgan fingerprint density at radius 3 is 2.60 bits per heavy atom. The Labute approximate surface area is 179 Å². The van der Waals surface area contributed by atoms with Crippen molar-refractivity contribution in [2.75, 3.05) is 25.5 Å². The van der Waals surface area contributed by atoms with Crippen molar-refractivity contribution in [1.82, 2.24) is 20.3 Å². The van der Waals surface area contributed by atoms with Crippen LogP contribution in [0.25, 0.3) is 21.8 Å². The molecular formula is C22H25N5O2S. The SMILES string of the molecule is COc1ccc(-c2nc(C3(O)CCNCC3)sc2-c2ccnc(NC3CC3)n2)cc1. The largest absolute Gasteiger partial charge is 0.497 e. The number of hydrogen-bond acceptors (Lipinski definition) is 8. The molecule has 1 saturated carbocycles. The smallest absolute Gasteiger partial charge is 0.223 e. The zero-order chi connectivity index (χ0) is 20.6. The second kappa shape index (κ2) is 7.94. The zero-order valence-electron chi connectivity index (χ0n) is 16.9. The summed E-state index contributed by atoms with van der Waals surface area (Å²) in [5.74, 6) is 1.44. The first-order valence-corrected chi connectivity index (χ1v) is 11.1. The quantitative estimate of drug-likeness (QED) is 0.559. The van der Waals surface area contributed by atoms with Crippen LogP contribution >= 0.6 is 11.3 Å². The maximum Gasteiger partial charge on any atom is 0.223 e. The van der Waals surface area contributed by atoms with E-state index in [-0.39, 0.29) is 0 Å². The summed E-state index contributed by atoms with van der Waals surface area (Å²) in [6.07, 6.45) is 5.41. The molecule has 156 valence electrons. The molecule has 1 aliphatic carbocycles. The van der Waals surface area contributed by atoms with Gasteiger partial charge in [-0.2, -0.15) is 0 Å². The van der Waals surface area contributed by atoms with Crippen LogP contribution in [0.4, 0.5) is 5.95 Å². The van der Waals surface area contributed by atoms with Crippen LogP contribution in [0.15, 0.2) is 36.5 Å². The van der Waals surface area contributed by atoms with Crippen molar-refractivity contribution in [3.05, 3.63) is 41.5 Å². The molecule has 3 aromatic rings. The summed E-state index contributed by atoms with van der Waals surface area (Å²) in [5.41, 5.74) is 1.72. The second-order valence-corrected chi connectivity index (χ2v) is 8.89. The fraction of sp³-hybridized carbons (Fsp3) is 0.409. The number of rotatable bonds is 6. The average molecular weight is 424 g/mol. The molecule has 8 heteroatoms. The monoisotopic (exact) mass is 423 g/mol. The normalized spacial score (nSPS) is 18.2. The fourth-order valence-electron chi connectivity index (χ4n) is 3.66. The third kappa shape index (κ3) is 3.90. The van der Waals surface area contributed by atoms with Crippen molar-refractivity contribution in [1.29, 1.82) is 0 Å². The molecule has 3 N–H and O–H groups in total. The Balaban J connectivity index is 1.58. The molecule has 2 aromatic heterocycles. The maximum absolute atomic E-state index is 11.3. The van der Waals surface area contributed by atoms with E-state index in [0.29, 0.717) is 24.8 Å². The van der Waals surface area contributed by atoms with Crippen LogP contribution in [0.5, 0.6) is 5.75 Å². The van der Waals surface area contributed by atoms with Gasteiger partial charge >= 0.3 is 0 Å².